The molecule has 1 unspecified atom stereocenters. The van der Waals surface area contributed by atoms with E-state index in [9.17, 15) is 9.59 Å². The number of carboxylic acid groups (broad SMARTS) is 1. The van der Waals surface area contributed by atoms with Gasteiger partial charge in [-0.25, -0.2) is 0 Å². The number of aliphatic carboxylic acids is 1. The van der Waals surface area contributed by atoms with Crippen molar-refractivity contribution in [3.8, 4) is 0 Å². The number of ether oxygens (including phenoxy) is 1. The van der Waals surface area contributed by atoms with Gasteiger partial charge in [0.1, 0.15) is 0 Å². The molecule has 1 N–H and O–H groups in total. The third kappa shape index (κ3) is 4.73. The fourth-order valence-corrected chi connectivity index (χ4v) is 2.06. The molecule has 1 rings (SSSR count). The zero-order valence-corrected chi connectivity index (χ0v) is 10.4. The molecule has 0 saturated carbocycles. The van der Waals surface area contributed by atoms with E-state index in [1.54, 1.807) is 12.0 Å². The summed E-state index contributed by atoms with van der Waals surface area (Å²) in [6.45, 7) is 1.79. The van der Waals surface area contributed by atoms with E-state index in [1.807, 2.05) is 0 Å². The molecule has 1 amide bonds. The summed E-state index contributed by atoms with van der Waals surface area (Å²) in [5, 5.41) is 8.93. The SMILES string of the molecule is COCCCCCN1CC(C(=O)O)CCC1=O. The zero-order chi connectivity index (χ0) is 12.7. The van der Waals surface area contributed by atoms with Gasteiger partial charge in [0, 0.05) is 33.2 Å². The Morgan fingerprint density at radius 1 is 1.47 bits per heavy atom. The molecule has 17 heavy (non-hydrogen) atoms. The normalized spacial score (nSPS) is 20.6. The Balaban J connectivity index is 2.25. The number of carboxylic acids is 1. The van der Waals surface area contributed by atoms with Crippen LogP contribution in [0.25, 0.3) is 0 Å². The summed E-state index contributed by atoms with van der Waals surface area (Å²) in [6.07, 6.45) is 3.76. The van der Waals surface area contributed by atoms with Crippen molar-refractivity contribution in [2.75, 3.05) is 26.8 Å². The van der Waals surface area contributed by atoms with Crippen molar-refractivity contribution in [3.63, 3.8) is 0 Å². The van der Waals surface area contributed by atoms with Gasteiger partial charge in [-0.15, -0.1) is 0 Å². The van der Waals surface area contributed by atoms with Crippen molar-refractivity contribution in [2.45, 2.75) is 32.1 Å². The quantitative estimate of drug-likeness (QED) is 0.681. The van der Waals surface area contributed by atoms with Gasteiger partial charge < -0.3 is 14.7 Å². The summed E-state index contributed by atoms with van der Waals surface area (Å²) in [4.78, 5) is 24.1. The monoisotopic (exact) mass is 243 g/mol. The number of carbonyl (C=O) groups is 2. The molecule has 1 aliphatic heterocycles. The molecule has 0 aromatic carbocycles. The molecule has 0 aromatic heterocycles. The lowest BCUT2D eigenvalue weighted by Crippen LogP contribution is -2.42. The Morgan fingerprint density at radius 2 is 2.24 bits per heavy atom. The molecule has 5 nitrogen and oxygen atoms in total. The number of amides is 1. The summed E-state index contributed by atoms with van der Waals surface area (Å²) in [5.74, 6) is -1.08. The molecule has 1 atom stereocenters. The van der Waals surface area contributed by atoms with Crippen LogP contribution in [0.4, 0.5) is 0 Å². The second-order valence-corrected chi connectivity index (χ2v) is 4.47. The molecule has 5 heteroatoms. The summed E-state index contributed by atoms with van der Waals surface area (Å²) in [7, 11) is 1.67. The molecular weight excluding hydrogens is 222 g/mol. The van der Waals surface area contributed by atoms with Crippen LogP contribution in [0.1, 0.15) is 32.1 Å². The minimum Gasteiger partial charge on any atom is -0.481 e. The van der Waals surface area contributed by atoms with E-state index in [0.29, 0.717) is 25.9 Å². The van der Waals surface area contributed by atoms with Gasteiger partial charge in [0.05, 0.1) is 5.92 Å². The van der Waals surface area contributed by atoms with Crippen molar-refractivity contribution >= 4 is 11.9 Å². The van der Waals surface area contributed by atoms with E-state index in [2.05, 4.69) is 0 Å². The van der Waals surface area contributed by atoms with Crippen molar-refractivity contribution in [2.24, 2.45) is 5.92 Å². The van der Waals surface area contributed by atoms with Crippen LogP contribution in [-0.4, -0.2) is 48.7 Å². The molecule has 1 aliphatic rings. The Morgan fingerprint density at radius 3 is 2.88 bits per heavy atom. The molecule has 1 saturated heterocycles. The van der Waals surface area contributed by atoms with E-state index >= 15 is 0 Å². The van der Waals surface area contributed by atoms with Gasteiger partial charge in [0.25, 0.3) is 0 Å². The Hall–Kier alpha value is -1.10. The second kappa shape index (κ2) is 7.27. The summed E-state index contributed by atoms with van der Waals surface area (Å²) >= 11 is 0. The molecule has 0 radical (unpaired) electrons. The van der Waals surface area contributed by atoms with Gasteiger partial charge in [-0.3, -0.25) is 9.59 Å². The van der Waals surface area contributed by atoms with Crippen LogP contribution in [-0.2, 0) is 14.3 Å². The van der Waals surface area contributed by atoms with E-state index in [0.717, 1.165) is 25.9 Å². The molecule has 98 valence electrons. The molecule has 0 aliphatic carbocycles. The van der Waals surface area contributed by atoms with Gasteiger partial charge >= 0.3 is 5.97 Å². The average molecular weight is 243 g/mol. The predicted octanol–water partition coefficient (Wildman–Crippen LogP) is 1.13. The molecule has 0 aromatic rings. The van der Waals surface area contributed by atoms with Crippen LogP contribution >= 0.6 is 0 Å². The molecule has 1 fully saturated rings. The van der Waals surface area contributed by atoms with E-state index in [-0.39, 0.29) is 11.8 Å². The smallest absolute Gasteiger partial charge is 0.308 e. The van der Waals surface area contributed by atoms with Crippen molar-refractivity contribution < 1.29 is 19.4 Å². The number of hydrogen-bond acceptors (Lipinski definition) is 3. The van der Waals surface area contributed by atoms with E-state index in [1.165, 1.54) is 0 Å². The number of carbonyl (C=O) groups excluding carboxylic acids is 1. The van der Waals surface area contributed by atoms with Gasteiger partial charge in [0.15, 0.2) is 0 Å². The van der Waals surface area contributed by atoms with Crippen LogP contribution in [0, 0.1) is 5.92 Å². The first kappa shape index (κ1) is 14.0. The van der Waals surface area contributed by atoms with Crippen LogP contribution in [0.15, 0.2) is 0 Å². The second-order valence-electron chi connectivity index (χ2n) is 4.47. The van der Waals surface area contributed by atoms with Gasteiger partial charge in [-0.2, -0.15) is 0 Å². The third-order valence-corrected chi connectivity index (χ3v) is 3.13. The van der Waals surface area contributed by atoms with E-state index in [4.69, 9.17) is 9.84 Å². The summed E-state index contributed by atoms with van der Waals surface area (Å²) < 4.78 is 4.95. The first-order valence-corrected chi connectivity index (χ1v) is 6.14. The topological polar surface area (TPSA) is 66.8 Å². The zero-order valence-electron chi connectivity index (χ0n) is 10.4. The van der Waals surface area contributed by atoms with Crippen molar-refractivity contribution in [3.05, 3.63) is 0 Å². The minimum absolute atomic E-state index is 0.0919. The first-order chi connectivity index (χ1) is 8.15. The maximum absolute atomic E-state index is 11.6. The highest BCUT2D eigenvalue weighted by Gasteiger charge is 2.29. The van der Waals surface area contributed by atoms with Crippen LogP contribution in [0.5, 0.6) is 0 Å². The third-order valence-electron chi connectivity index (χ3n) is 3.13. The number of likely N-dealkylation sites (tertiary alicyclic amines) is 1. The molecule has 0 spiro atoms. The lowest BCUT2D eigenvalue weighted by molar-refractivity contribution is -0.147. The number of piperidine rings is 1. The Bertz CT molecular complexity index is 267. The lowest BCUT2D eigenvalue weighted by atomic mass is 9.97. The highest BCUT2D eigenvalue weighted by molar-refractivity contribution is 5.80. The molecule has 1 heterocycles. The standard InChI is InChI=1S/C12H21NO4/c1-17-8-4-2-3-7-13-9-10(12(15)16)5-6-11(13)14/h10H,2-9H2,1H3,(H,15,16). The maximum Gasteiger partial charge on any atom is 0.308 e. The number of unbranched alkanes of at least 4 members (excludes halogenated alkanes) is 2. The molecule has 0 bridgehead atoms. The largest absolute Gasteiger partial charge is 0.481 e. The van der Waals surface area contributed by atoms with Crippen molar-refractivity contribution in [1.82, 2.24) is 4.90 Å². The number of rotatable bonds is 7. The van der Waals surface area contributed by atoms with Gasteiger partial charge in [0.2, 0.25) is 5.91 Å². The Labute approximate surface area is 102 Å². The van der Waals surface area contributed by atoms with Gasteiger partial charge in [-0.05, 0) is 25.7 Å². The number of hydrogen-bond donors (Lipinski definition) is 1. The van der Waals surface area contributed by atoms with E-state index < -0.39 is 5.97 Å². The number of nitrogens with zero attached hydrogens (tertiary/aromatic N) is 1. The van der Waals surface area contributed by atoms with Crippen LogP contribution in [0.3, 0.4) is 0 Å². The summed E-state index contributed by atoms with van der Waals surface area (Å²) in [5.41, 5.74) is 0. The Kier molecular flexibility index (Phi) is 5.97. The predicted molar refractivity (Wildman–Crippen MR) is 62.7 cm³/mol. The highest BCUT2D eigenvalue weighted by atomic mass is 16.5. The average Bonchev–Trinajstić information content (AvgIpc) is 2.30. The van der Waals surface area contributed by atoms with Crippen LogP contribution < -0.4 is 0 Å². The fourth-order valence-electron chi connectivity index (χ4n) is 2.06. The minimum atomic E-state index is -0.790. The number of methoxy groups -OCH3 is 1. The van der Waals surface area contributed by atoms with Gasteiger partial charge in [-0.1, -0.05) is 0 Å². The van der Waals surface area contributed by atoms with Crippen LogP contribution in [0.2, 0.25) is 0 Å². The highest BCUT2D eigenvalue weighted by Crippen LogP contribution is 2.18. The van der Waals surface area contributed by atoms with Crippen molar-refractivity contribution in [1.29, 1.82) is 0 Å². The lowest BCUT2D eigenvalue weighted by Gasteiger charge is -2.30. The fraction of sp³-hybridized carbons (Fsp3) is 0.833. The molecular formula is C12H21NO4. The maximum atomic E-state index is 11.6. The summed E-state index contributed by atoms with van der Waals surface area (Å²) in [6, 6.07) is 0. The first-order valence-electron chi connectivity index (χ1n) is 6.14.